The highest BCUT2D eigenvalue weighted by Crippen LogP contribution is 2.24. The fraction of sp³-hybridized carbons (Fsp3) is 0. The number of aromatic amines is 1. The van der Waals surface area contributed by atoms with Gasteiger partial charge in [-0.05, 0) is 36.5 Å². The molecule has 0 saturated carbocycles. The van der Waals surface area contributed by atoms with Crippen LogP contribution >= 0.6 is 35.4 Å². The summed E-state index contributed by atoms with van der Waals surface area (Å²) in [6.07, 6.45) is 1.48. The number of H-pyrrole nitrogens is 1. The summed E-state index contributed by atoms with van der Waals surface area (Å²) in [6.45, 7) is 0. The largest absolute Gasteiger partial charge is 0.329 e. The molecule has 7 heteroatoms. The van der Waals surface area contributed by atoms with Crippen LogP contribution in [-0.4, -0.2) is 14.5 Å². The Morgan fingerprint density at radius 2 is 2.00 bits per heavy atom. The van der Waals surface area contributed by atoms with Gasteiger partial charge in [-0.15, -0.1) is 0 Å². The molecule has 0 unspecified atom stereocenters. The molecule has 0 atom stereocenters. The molecule has 3 nitrogen and oxygen atoms in total. The Bertz CT molecular complexity index is 841. The van der Waals surface area contributed by atoms with Crippen molar-refractivity contribution in [3.8, 4) is 5.69 Å². The van der Waals surface area contributed by atoms with Crippen LogP contribution < -0.4 is 0 Å². The van der Waals surface area contributed by atoms with Gasteiger partial charge in [0.15, 0.2) is 10.4 Å². The molecule has 1 aromatic carbocycles. The molecule has 3 rings (SSSR count). The maximum Gasteiger partial charge on any atom is 0.184 e. The highest BCUT2D eigenvalue weighted by atomic mass is 35.5. The van der Waals surface area contributed by atoms with Gasteiger partial charge in [0.1, 0.15) is 5.82 Å². The van der Waals surface area contributed by atoms with Crippen molar-refractivity contribution < 1.29 is 4.39 Å². The molecule has 96 valence electrons. The first-order valence-corrected chi connectivity index (χ1v) is 6.44. The molecule has 3 aromatic rings. The number of hydrogen-bond donors (Lipinski definition) is 1. The smallest absolute Gasteiger partial charge is 0.184 e. The maximum absolute atomic E-state index is 14.0. The standard InChI is InChI=1S/C12H6Cl2FN3S/c13-6-1-2-10(8(15)3-6)18-11-9(17-12(18)19)4-7(14)5-16-11/h1-5H,(H,17,19). The molecule has 19 heavy (non-hydrogen) atoms. The highest BCUT2D eigenvalue weighted by molar-refractivity contribution is 7.71. The summed E-state index contributed by atoms with van der Waals surface area (Å²) in [7, 11) is 0. The summed E-state index contributed by atoms with van der Waals surface area (Å²) in [6, 6.07) is 6.06. The molecular weight excluding hydrogens is 308 g/mol. The molecule has 0 aliphatic heterocycles. The fourth-order valence-electron chi connectivity index (χ4n) is 1.86. The van der Waals surface area contributed by atoms with Crippen LogP contribution in [0.3, 0.4) is 0 Å². The van der Waals surface area contributed by atoms with Gasteiger partial charge in [-0.1, -0.05) is 23.2 Å². The highest BCUT2D eigenvalue weighted by Gasteiger charge is 2.12. The summed E-state index contributed by atoms with van der Waals surface area (Å²) in [5.74, 6) is -0.471. The number of aromatic nitrogens is 3. The molecule has 0 aliphatic carbocycles. The average Bonchev–Trinajstić information content (AvgIpc) is 2.65. The number of benzene rings is 1. The third kappa shape index (κ3) is 2.14. The Kier molecular flexibility index (Phi) is 3.05. The van der Waals surface area contributed by atoms with E-state index in [1.807, 2.05) is 0 Å². The van der Waals surface area contributed by atoms with Crippen LogP contribution in [-0.2, 0) is 0 Å². The second-order valence-corrected chi connectivity index (χ2v) is 5.15. The number of halogens is 3. The van der Waals surface area contributed by atoms with E-state index >= 15 is 0 Å². The molecule has 0 amide bonds. The van der Waals surface area contributed by atoms with Gasteiger partial charge in [0.2, 0.25) is 0 Å². The van der Waals surface area contributed by atoms with Gasteiger partial charge in [-0.3, -0.25) is 4.57 Å². The zero-order valence-corrected chi connectivity index (χ0v) is 11.7. The van der Waals surface area contributed by atoms with Gasteiger partial charge in [0.25, 0.3) is 0 Å². The van der Waals surface area contributed by atoms with E-state index in [9.17, 15) is 4.39 Å². The van der Waals surface area contributed by atoms with E-state index in [-0.39, 0.29) is 5.69 Å². The Balaban J connectivity index is 2.36. The van der Waals surface area contributed by atoms with E-state index < -0.39 is 5.82 Å². The zero-order valence-electron chi connectivity index (χ0n) is 9.32. The zero-order chi connectivity index (χ0) is 13.6. The molecule has 0 radical (unpaired) electrons. The van der Waals surface area contributed by atoms with E-state index in [2.05, 4.69) is 9.97 Å². The summed E-state index contributed by atoms with van der Waals surface area (Å²) in [5, 5.41) is 0.802. The number of rotatable bonds is 1. The van der Waals surface area contributed by atoms with Crippen LogP contribution in [0.4, 0.5) is 4.39 Å². The minimum atomic E-state index is -0.471. The molecule has 0 bridgehead atoms. The molecule has 0 saturated heterocycles. The van der Waals surface area contributed by atoms with Crippen LogP contribution in [0.2, 0.25) is 10.0 Å². The van der Waals surface area contributed by atoms with Crippen molar-refractivity contribution in [2.24, 2.45) is 0 Å². The van der Waals surface area contributed by atoms with Crippen molar-refractivity contribution in [3.63, 3.8) is 0 Å². The van der Waals surface area contributed by atoms with Crippen LogP contribution in [0.25, 0.3) is 16.9 Å². The molecule has 1 N–H and O–H groups in total. The minimum absolute atomic E-state index is 0.287. The molecule has 2 heterocycles. The van der Waals surface area contributed by atoms with E-state index in [1.165, 1.54) is 16.8 Å². The quantitative estimate of drug-likeness (QED) is 0.670. The van der Waals surface area contributed by atoms with Gasteiger partial charge in [-0.25, -0.2) is 9.37 Å². The SMILES string of the molecule is Fc1cc(Cl)ccc1-n1c(=S)[nH]c2cc(Cl)cnc21. The summed E-state index contributed by atoms with van der Waals surface area (Å²) >= 11 is 16.8. The summed E-state index contributed by atoms with van der Waals surface area (Å²) < 4.78 is 15.8. The number of pyridine rings is 1. The first-order valence-electron chi connectivity index (χ1n) is 5.28. The van der Waals surface area contributed by atoms with Gasteiger partial charge in [0.05, 0.1) is 16.2 Å². The lowest BCUT2D eigenvalue weighted by Gasteiger charge is -2.05. The number of imidazole rings is 1. The topological polar surface area (TPSA) is 33.6 Å². The van der Waals surface area contributed by atoms with Crippen molar-refractivity contribution in [1.29, 1.82) is 0 Å². The van der Waals surface area contributed by atoms with Crippen molar-refractivity contribution in [1.82, 2.24) is 14.5 Å². The number of fused-ring (bicyclic) bond motifs is 1. The lowest BCUT2D eigenvalue weighted by atomic mass is 10.3. The Hall–Kier alpha value is -1.43. The third-order valence-electron chi connectivity index (χ3n) is 2.64. The Labute approximate surface area is 122 Å². The Morgan fingerprint density at radius 3 is 2.74 bits per heavy atom. The van der Waals surface area contributed by atoms with Gasteiger partial charge in [0, 0.05) is 11.2 Å². The van der Waals surface area contributed by atoms with Gasteiger partial charge >= 0.3 is 0 Å². The van der Waals surface area contributed by atoms with E-state index in [0.717, 1.165) is 0 Å². The van der Waals surface area contributed by atoms with Gasteiger partial charge < -0.3 is 4.98 Å². The Morgan fingerprint density at radius 1 is 1.21 bits per heavy atom. The molecule has 0 spiro atoms. The van der Waals surface area contributed by atoms with E-state index in [0.29, 0.717) is 26.0 Å². The van der Waals surface area contributed by atoms with Gasteiger partial charge in [-0.2, -0.15) is 0 Å². The predicted octanol–water partition coefficient (Wildman–Crippen LogP) is 4.53. The molecular formula is C12H6Cl2FN3S. The molecule has 0 aliphatic rings. The lowest BCUT2D eigenvalue weighted by molar-refractivity contribution is 0.618. The summed E-state index contributed by atoms with van der Waals surface area (Å²) in [4.78, 5) is 7.11. The van der Waals surface area contributed by atoms with Crippen LogP contribution in [0.5, 0.6) is 0 Å². The third-order valence-corrected chi connectivity index (χ3v) is 3.37. The minimum Gasteiger partial charge on any atom is -0.329 e. The molecule has 2 aromatic heterocycles. The van der Waals surface area contributed by atoms with Crippen LogP contribution in [0.1, 0.15) is 0 Å². The first-order chi connectivity index (χ1) is 9.06. The maximum atomic E-state index is 14.0. The monoisotopic (exact) mass is 313 g/mol. The lowest BCUT2D eigenvalue weighted by Crippen LogP contribution is -1.98. The normalized spacial score (nSPS) is 11.1. The second-order valence-electron chi connectivity index (χ2n) is 3.89. The molecule has 0 fully saturated rings. The predicted molar refractivity (Wildman–Crippen MR) is 76.2 cm³/mol. The summed E-state index contributed by atoms with van der Waals surface area (Å²) in [5.41, 5.74) is 1.44. The first kappa shape index (κ1) is 12.6. The number of nitrogens with zero attached hydrogens (tertiary/aromatic N) is 2. The fourth-order valence-corrected chi connectivity index (χ4v) is 2.47. The van der Waals surface area contributed by atoms with E-state index in [4.69, 9.17) is 35.4 Å². The van der Waals surface area contributed by atoms with Crippen molar-refractivity contribution >= 4 is 46.6 Å². The van der Waals surface area contributed by atoms with Crippen LogP contribution in [0, 0.1) is 10.6 Å². The van der Waals surface area contributed by atoms with Crippen molar-refractivity contribution in [2.75, 3.05) is 0 Å². The van der Waals surface area contributed by atoms with Crippen molar-refractivity contribution in [3.05, 3.63) is 51.1 Å². The number of hydrogen-bond acceptors (Lipinski definition) is 2. The number of nitrogens with one attached hydrogen (secondary N) is 1. The second kappa shape index (κ2) is 4.59. The van der Waals surface area contributed by atoms with Crippen molar-refractivity contribution in [2.45, 2.75) is 0 Å². The average molecular weight is 314 g/mol. The van der Waals surface area contributed by atoms with E-state index in [1.54, 1.807) is 18.2 Å². The van der Waals surface area contributed by atoms with Crippen LogP contribution in [0.15, 0.2) is 30.5 Å².